The van der Waals surface area contributed by atoms with Crippen LogP contribution in [-0.2, 0) is 14.4 Å². The minimum atomic E-state index is -1.29. The zero-order valence-corrected chi connectivity index (χ0v) is 29.0. The van der Waals surface area contributed by atoms with Gasteiger partial charge in [0.05, 0.1) is 0 Å². The van der Waals surface area contributed by atoms with Crippen molar-refractivity contribution in [2.24, 2.45) is 0 Å². The number of nitrogens with one attached hydrogen (secondary N) is 2. The van der Waals surface area contributed by atoms with E-state index < -0.39 is 29.7 Å². The van der Waals surface area contributed by atoms with Gasteiger partial charge in [-0.3, -0.25) is 24.1 Å². The highest BCUT2D eigenvalue weighted by Crippen LogP contribution is 2.29. The van der Waals surface area contributed by atoms with Gasteiger partial charge in [-0.2, -0.15) is 0 Å². The Balaban J connectivity index is 1.40. The standard InChI is InChI=1S/C40H46N4O7/c1-2-3-4-5-6-7-17-24-33(45)42-32(40(49)50)25-26-34(46)44(39(48)31-22-15-10-16-23-31)28-27-41-37(47)35-36(29-18-11-8-12-19-29)51-38(43-35)30-20-13-9-14-21-30/h8-16,18-23,32H,2-7,17,24-28H2,1H3,(H,41,47)(H,42,45)(H,49,50). The van der Waals surface area contributed by atoms with Crippen molar-refractivity contribution in [3.05, 3.63) is 102 Å². The van der Waals surface area contributed by atoms with Crippen LogP contribution in [0.25, 0.3) is 22.8 Å². The lowest BCUT2D eigenvalue weighted by atomic mass is 10.1. The van der Waals surface area contributed by atoms with Crippen molar-refractivity contribution in [3.8, 4) is 22.8 Å². The van der Waals surface area contributed by atoms with Crippen molar-refractivity contribution >= 4 is 29.6 Å². The molecule has 1 heterocycles. The van der Waals surface area contributed by atoms with Gasteiger partial charge >= 0.3 is 5.97 Å². The van der Waals surface area contributed by atoms with E-state index in [9.17, 15) is 29.1 Å². The number of amides is 4. The summed E-state index contributed by atoms with van der Waals surface area (Å²) in [6, 6.07) is 25.2. The fourth-order valence-corrected chi connectivity index (χ4v) is 5.57. The van der Waals surface area contributed by atoms with E-state index in [0.29, 0.717) is 17.5 Å². The average Bonchev–Trinajstić information content (AvgIpc) is 3.61. The minimum absolute atomic E-state index is 0.0452. The smallest absolute Gasteiger partial charge is 0.326 e. The first-order valence-electron chi connectivity index (χ1n) is 17.6. The number of carboxylic acid groups (broad SMARTS) is 1. The number of carbonyl (C=O) groups excluding carboxylic acids is 4. The molecular weight excluding hydrogens is 648 g/mol. The number of hydrogen-bond acceptors (Lipinski definition) is 7. The molecule has 1 aromatic heterocycles. The van der Waals surface area contributed by atoms with Crippen molar-refractivity contribution in [2.45, 2.75) is 77.2 Å². The number of carbonyl (C=O) groups is 5. The topological polar surface area (TPSA) is 159 Å². The average molecular weight is 695 g/mol. The third-order valence-corrected chi connectivity index (χ3v) is 8.37. The largest absolute Gasteiger partial charge is 0.480 e. The molecule has 3 aromatic carbocycles. The first-order valence-corrected chi connectivity index (χ1v) is 17.6. The van der Waals surface area contributed by atoms with Crippen LogP contribution in [0.4, 0.5) is 0 Å². The van der Waals surface area contributed by atoms with Crippen LogP contribution in [0.15, 0.2) is 95.4 Å². The molecule has 11 heteroatoms. The van der Waals surface area contributed by atoms with E-state index in [1.165, 1.54) is 12.8 Å². The molecule has 0 radical (unpaired) electrons. The maximum atomic E-state index is 13.5. The van der Waals surface area contributed by atoms with Crippen molar-refractivity contribution in [3.63, 3.8) is 0 Å². The molecule has 0 spiro atoms. The van der Waals surface area contributed by atoms with Crippen LogP contribution in [0, 0.1) is 0 Å². The predicted octanol–water partition coefficient (Wildman–Crippen LogP) is 6.90. The van der Waals surface area contributed by atoms with Crippen molar-refractivity contribution in [1.82, 2.24) is 20.5 Å². The maximum Gasteiger partial charge on any atom is 0.326 e. The van der Waals surface area contributed by atoms with Crippen molar-refractivity contribution in [1.29, 1.82) is 0 Å². The first-order chi connectivity index (χ1) is 24.8. The maximum absolute atomic E-state index is 13.5. The highest BCUT2D eigenvalue weighted by Gasteiger charge is 2.27. The van der Waals surface area contributed by atoms with Crippen molar-refractivity contribution < 1.29 is 33.5 Å². The molecule has 1 atom stereocenters. The molecule has 0 saturated heterocycles. The molecule has 0 fully saturated rings. The summed E-state index contributed by atoms with van der Waals surface area (Å²) >= 11 is 0. The number of benzene rings is 3. The van der Waals surface area contributed by atoms with E-state index in [0.717, 1.165) is 30.6 Å². The number of aliphatic carboxylic acids is 1. The second-order valence-electron chi connectivity index (χ2n) is 12.3. The Kier molecular flexibility index (Phi) is 15.1. The van der Waals surface area contributed by atoms with E-state index in [-0.39, 0.29) is 61.2 Å². The van der Waals surface area contributed by atoms with Crippen LogP contribution >= 0.6 is 0 Å². The minimum Gasteiger partial charge on any atom is -0.480 e. The SMILES string of the molecule is CCCCCCCCCC(=O)NC(CCC(=O)N(CCNC(=O)c1nc(-c2ccccc2)oc1-c1ccccc1)C(=O)c1ccccc1)C(=O)O. The van der Waals surface area contributed by atoms with Gasteiger partial charge in [0.1, 0.15) is 6.04 Å². The van der Waals surface area contributed by atoms with Crippen LogP contribution < -0.4 is 10.6 Å². The molecular formula is C40H46N4O7. The molecule has 268 valence electrons. The molecule has 11 nitrogen and oxygen atoms in total. The number of hydrogen-bond donors (Lipinski definition) is 3. The number of carboxylic acids is 1. The molecule has 0 aliphatic carbocycles. The molecule has 3 N–H and O–H groups in total. The van der Waals surface area contributed by atoms with Gasteiger partial charge in [-0.25, -0.2) is 9.78 Å². The van der Waals surface area contributed by atoms with E-state index >= 15 is 0 Å². The van der Waals surface area contributed by atoms with Crippen LogP contribution in [0.3, 0.4) is 0 Å². The molecule has 0 aliphatic heterocycles. The molecule has 4 rings (SSSR count). The van der Waals surface area contributed by atoms with Crippen LogP contribution in [0.2, 0.25) is 0 Å². The zero-order valence-electron chi connectivity index (χ0n) is 29.0. The third kappa shape index (κ3) is 11.8. The molecule has 1 unspecified atom stereocenters. The monoisotopic (exact) mass is 694 g/mol. The normalized spacial score (nSPS) is 11.4. The number of aromatic nitrogens is 1. The third-order valence-electron chi connectivity index (χ3n) is 8.37. The summed E-state index contributed by atoms with van der Waals surface area (Å²) in [5, 5.41) is 15.1. The highest BCUT2D eigenvalue weighted by molar-refractivity contribution is 6.05. The second-order valence-corrected chi connectivity index (χ2v) is 12.3. The summed E-state index contributed by atoms with van der Waals surface area (Å²) < 4.78 is 6.05. The zero-order chi connectivity index (χ0) is 36.4. The van der Waals surface area contributed by atoms with Gasteiger partial charge in [0.15, 0.2) is 11.5 Å². The number of oxazole rings is 1. The fraction of sp³-hybridized carbons (Fsp3) is 0.350. The van der Waals surface area contributed by atoms with Gasteiger partial charge in [0, 0.05) is 42.6 Å². The van der Waals surface area contributed by atoms with Gasteiger partial charge < -0.3 is 20.2 Å². The van der Waals surface area contributed by atoms with E-state index in [4.69, 9.17) is 4.42 Å². The molecule has 51 heavy (non-hydrogen) atoms. The van der Waals surface area contributed by atoms with Crippen LogP contribution in [-0.4, -0.2) is 63.7 Å². The van der Waals surface area contributed by atoms with Crippen LogP contribution in [0.5, 0.6) is 0 Å². The summed E-state index contributed by atoms with van der Waals surface area (Å²) in [4.78, 5) is 70.5. The number of rotatable bonds is 20. The molecule has 0 aliphatic rings. The van der Waals surface area contributed by atoms with E-state index in [1.807, 2.05) is 48.5 Å². The summed E-state index contributed by atoms with van der Waals surface area (Å²) in [6.07, 6.45) is 6.88. The Morgan fingerprint density at radius 2 is 1.35 bits per heavy atom. The van der Waals surface area contributed by atoms with Gasteiger partial charge in [-0.1, -0.05) is 112 Å². The second kappa shape index (κ2) is 20.2. The Labute approximate surface area is 298 Å². The Hall–Kier alpha value is -5.58. The first kappa shape index (κ1) is 38.2. The summed E-state index contributed by atoms with van der Waals surface area (Å²) in [6.45, 7) is 1.85. The summed E-state index contributed by atoms with van der Waals surface area (Å²) in [5.41, 5.74) is 1.64. The molecule has 0 saturated carbocycles. The van der Waals surface area contributed by atoms with Crippen LogP contribution in [0.1, 0.15) is 92.0 Å². The Morgan fingerprint density at radius 1 is 0.765 bits per heavy atom. The van der Waals surface area contributed by atoms with Crippen molar-refractivity contribution in [2.75, 3.05) is 13.1 Å². The lowest BCUT2D eigenvalue weighted by Gasteiger charge is -2.22. The lowest BCUT2D eigenvalue weighted by Crippen LogP contribution is -2.44. The van der Waals surface area contributed by atoms with Gasteiger partial charge in [-0.05, 0) is 37.1 Å². The summed E-state index contributed by atoms with van der Waals surface area (Å²) in [5.74, 6) is -2.91. The van der Waals surface area contributed by atoms with Gasteiger partial charge in [-0.15, -0.1) is 0 Å². The number of imide groups is 1. The molecule has 4 amide bonds. The Bertz CT molecular complexity index is 1730. The Morgan fingerprint density at radius 3 is 1.98 bits per heavy atom. The number of nitrogens with zero attached hydrogens (tertiary/aromatic N) is 2. The highest BCUT2D eigenvalue weighted by atomic mass is 16.4. The van der Waals surface area contributed by atoms with Gasteiger partial charge in [0.25, 0.3) is 11.8 Å². The quantitative estimate of drug-likeness (QED) is 0.0843. The molecule has 4 aromatic rings. The summed E-state index contributed by atoms with van der Waals surface area (Å²) in [7, 11) is 0. The number of unbranched alkanes of at least 4 members (excludes halogenated alkanes) is 6. The fourth-order valence-electron chi connectivity index (χ4n) is 5.57. The van der Waals surface area contributed by atoms with Gasteiger partial charge in [0.2, 0.25) is 17.7 Å². The predicted molar refractivity (Wildman–Crippen MR) is 194 cm³/mol. The van der Waals surface area contributed by atoms with E-state index in [2.05, 4.69) is 22.5 Å². The lowest BCUT2D eigenvalue weighted by molar-refractivity contribution is -0.142. The molecule has 0 bridgehead atoms. The van der Waals surface area contributed by atoms with E-state index in [1.54, 1.807) is 42.5 Å².